The van der Waals surface area contributed by atoms with E-state index < -0.39 is 0 Å². The van der Waals surface area contributed by atoms with Crippen LogP contribution in [0, 0.1) is 11.8 Å². The Balaban J connectivity index is 1.27. The highest BCUT2D eigenvalue weighted by Gasteiger charge is 2.47. The number of aromatic nitrogens is 1. The molecule has 1 aliphatic heterocycles. The zero-order valence-corrected chi connectivity index (χ0v) is 16.8. The Hall–Kier alpha value is -2.44. The van der Waals surface area contributed by atoms with Crippen LogP contribution in [0.5, 0.6) is 5.88 Å². The second-order valence-corrected chi connectivity index (χ2v) is 8.34. The van der Waals surface area contributed by atoms with Crippen LogP contribution in [0.2, 0.25) is 0 Å². The summed E-state index contributed by atoms with van der Waals surface area (Å²) in [7, 11) is 0. The molecule has 3 amide bonds. The fourth-order valence-corrected chi connectivity index (χ4v) is 4.78. The molecule has 1 N–H and O–H groups in total. The van der Waals surface area contributed by atoms with Crippen LogP contribution in [0.25, 0.3) is 0 Å². The van der Waals surface area contributed by atoms with Crippen molar-refractivity contribution in [3.8, 4) is 5.88 Å². The zero-order chi connectivity index (χ0) is 20.2. The first-order valence-electron chi connectivity index (χ1n) is 10.9. The lowest BCUT2D eigenvalue weighted by Crippen LogP contribution is -2.35. The molecule has 0 unspecified atom stereocenters. The normalized spacial score (nSPS) is 24.6. The third-order valence-electron chi connectivity index (χ3n) is 6.40. The number of nitrogens with one attached hydrogen (secondary N) is 1. The van der Waals surface area contributed by atoms with Crippen molar-refractivity contribution in [1.82, 2.24) is 15.2 Å². The first-order valence-corrected chi connectivity index (χ1v) is 10.9. The van der Waals surface area contributed by atoms with Crippen LogP contribution in [0.4, 0.5) is 0 Å². The van der Waals surface area contributed by atoms with Crippen LogP contribution in [0.1, 0.15) is 63.4 Å². The molecule has 0 bridgehead atoms. The van der Waals surface area contributed by atoms with E-state index in [-0.39, 0.29) is 48.6 Å². The highest BCUT2D eigenvalue weighted by Crippen LogP contribution is 2.38. The van der Waals surface area contributed by atoms with Gasteiger partial charge in [0.25, 0.3) is 0 Å². The van der Waals surface area contributed by atoms with E-state index >= 15 is 0 Å². The average Bonchev–Trinajstić information content (AvgIpc) is 3.33. The van der Waals surface area contributed by atoms with Gasteiger partial charge in [0.1, 0.15) is 6.10 Å². The van der Waals surface area contributed by atoms with Gasteiger partial charge in [-0.15, -0.1) is 0 Å². The molecule has 2 saturated carbocycles. The molecule has 0 spiro atoms. The summed E-state index contributed by atoms with van der Waals surface area (Å²) >= 11 is 0. The molecule has 1 saturated heterocycles. The Kier molecular flexibility index (Phi) is 6.11. The highest BCUT2D eigenvalue weighted by molar-refractivity contribution is 6.05. The third kappa shape index (κ3) is 4.43. The lowest BCUT2D eigenvalue weighted by molar-refractivity contribution is -0.140. The molecular weight excluding hydrogens is 370 g/mol. The van der Waals surface area contributed by atoms with Crippen molar-refractivity contribution >= 4 is 17.7 Å². The van der Waals surface area contributed by atoms with E-state index in [1.165, 1.54) is 17.7 Å². The summed E-state index contributed by atoms with van der Waals surface area (Å²) < 4.78 is 6.00. The first-order chi connectivity index (χ1) is 14.1. The van der Waals surface area contributed by atoms with Crippen molar-refractivity contribution in [2.45, 2.75) is 70.4 Å². The van der Waals surface area contributed by atoms with Gasteiger partial charge < -0.3 is 10.1 Å². The van der Waals surface area contributed by atoms with Crippen LogP contribution >= 0.6 is 0 Å². The number of ether oxygens (including phenoxy) is 1. The number of imide groups is 1. The second-order valence-electron chi connectivity index (χ2n) is 8.34. The Labute approximate surface area is 171 Å². The average molecular weight is 399 g/mol. The Morgan fingerprint density at radius 2 is 1.72 bits per heavy atom. The molecule has 29 heavy (non-hydrogen) atoms. The van der Waals surface area contributed by atoms with E-state index in [9.17, 15) is 14.4 Å². The van der Waals surface area contributed by atoms with E-state index in [1.54, 1.807) is 6.20 Å². The van der Waals surface area contributed by atoms with Crippen LogP contribution in [-0.2, 0) is 20.9 Å². The lowest BCUT2D eigenvalue weighted by atomic mass is 9.81. The SMILES string of the molecule is O=C(CCN1C(=O)[C@H]2CCCC[C@@H]2C1=O)NCc1cccnc1OC1CCCC1. The number of fused-ring (bicyclic) bond motifs is 1. The molecule has 0 aromatic carbocycles. The van der Waals surface area contributed by atoms with E-state index in [2.05, 4.69) is 10.3 Å². The summed E-state index contributed by atoms with van der Waals surface area (Å²) in [6, 6.07) is 3.72. The minimum Gasteiger partial charge on any atom is -0.474 e. The number of rotatable bonds is 7. The fraction of sp³-hybridized carbons (Fsp3) is 0.636. The van der Waals surface area contributed by atoms with E-state index in [1.807, 2.05) is 12.1 Å². The standard InChI is InChI=1S/C22H29N3O4/c26-19(11-13-25-21(27)17-9-3-4-10-18(17)22(25)28)24-14-15-6-5-12-23-20(15)29-16-7-1-2-8-16/h5-6,12,16-18H,1-4,7-11,13-14H2,(H,24,26)/t17-,18-/m0/s1. The number of carbonyl (C=O) groups excluding carboxylic acids is 3. The highest BCUT2D eigenvalue weighted by atomic mass is 16.5. The molecule has 2 heterocycles. The maximum atomic E-state index is 12.5. The van der Waals surface area contributed by atoms with Crippen LogP contribution < -0.4 is 10.1 Å². The second kappa shape index (κ2) is 8.93. The quantitative estimate of drug-likeness (QED) is 0.712. The summed E-state index contributed by atoms with van der Waals surface area (Å²) in [5.41, 5.74) is 0.840. The van der Waals surface area contributed by atoms with Crippen molar-refractivity contribution in [2.75, 3.05) is 6.54 Å². The lowest BCUT2D eigenvalue weighted by Gasteiger charge is -2.19. The molecule has 4 rings (SSSR count). The molecule has 1 aromatic rings. The largest absolute Gasteiger partial charge is 0.474 e. The van der Waals surface area contributed by atoms with Gasteiger partial charge in [0.2, 0.25) is 23.6 Å². The number of amides is 3. The molecule has 156 valence electrons. The molecule has 7 nitrogen and oxygen atoms in total. The summed E-state index contributed by atoms with van der Waals surface area (Å²) in [4.78, 5) is 43.0. The minimum absolute atomic E-state index is 0.0907. The van der Waals surface area contributed by atoms with Gasteiger partial charge in [0, 0.05) is 31.3 Å². The molecule has 0 radical (unpaired) electrons. The predicted octanol–water partition coefficient (Wildman–Crippen LogP) is 2.58. The van der Waals surface area contributed by atoms with Gasteiger partial charge in [-0.25, -0.2) is 4.98 Å². The molecular formula is C22H29N3O4. The van der Waals surface area contributed by atoms with Gasteiger partial charge in [-0.2, -0.15) is 0 Å². The monoisotopic (exact) mass is 399 g/mol. The number of carbonyl (C=O) groups is 3. The van der Waals surface area contributed by atoms with Crippen molar-refractivity contribution in [3.63, 3.8) is 0 Å². The summed E-state index contributed by atoms with van der Waals surface area (Å²) in [5, 5.41) is 2.87. The van der Waals surface area contributed by atoms with Gasteiger partial charge in [-0.3, -0.25) is 19.3 Å². The van der Waals surface area contributed by atoms with Gasteiger partial charge in [0.05, 0.1) is 11.8 Å². The number of pyridine rings is 1. The van der Waals surface area contributed by atoms with Crippen LogP contribution in [0.15, 0.2) is 18.3 Å². The number of nitrogens with zero attached hydrogens (tertiary/aromatic N) is 2. The Bertz CT molecular complexity index is 751. The summed E-state index contributed by atoms with van der Waals surface area (Å²) in [6.45, 7) is 0.483. The zero-order valence-electron chi connectivity index (χ0n) is 16.8. The smallest absolute Gasteiger partial charge is 0.233 e. The molecule has 2 atom stereocenters. The van der Waals surface area contributed by atoms with Crippen molar-refractivity contribution < 1.29 is 19.1 Å². The first kappa shape index (κ1) is 19.9. The molecule has 3 aliphatic rings. The van der Waals surface area contributed by atoms with Crippen LogP contribution in [0.3, 0.4) is 0 Å². The molecule has 3 fully saturated rings. The Morgan fingerprint density at radius 1 is 1.07 bits per heavy atom. The predicted molar refractivity (Wildman–Crippen MR) is 106 cm³/mol. The van der Waals surface area contributed by atoms with Gasteiger partial charge in [-0.05, 0) is 44.6 Å². The van der Waals surface area contributed by atoms with Gasteiger partial charge in [0.15, 0.2) is 0 Å². The summed E-state index contributed by atoms with van der Waals surface area (Å²) in [5.74, 6) is -0.112. The fourth-order valence-electron chi connectivity index (χ4n) is 4.78. The van der Waals surface area contributed by atoms with Crippen LogP contribution in [-0.4, -0.2) is 40.3 Å². The number of hydrogen-bond donors (Lipinski definition) is 1. The number of likely N-dealkylation sites (tertiary alicyclic amines) is 1. The van der Waals surface area contributed by atoms with E-state index in [0.717, 1.165) is 44.1 Å². The van der Waals surface area contributed by atoms with Gasteiger partial charge >= 0.3 is 0 Å². The van der Waals surface area contributed by atoms with Crippen molar-refractivity contribution in [3.05, 3.63) is 23.9 Å². The number of hydrogen-bond acceptors (Lipinski definition) is 5. The maximum absolute atomic E-state index is 12.5. The van der Waals surface area contributed by atoms with E-state index in [4.69, 9.17) is 4.74 Å². The Morgan fingerprint density at radius 3 is 2.41 bits per heavy atom. The van der Waals surface area contributed by atoms with Crippen molar-refractivity contribution in [2.24, 2.45) is 11.8 Å². The topological polar surface area (TPSA) is 88.6 Å². The third-order valence-corrected chi connectivity index (χ3v) is 6.40. The van der Waals surface area contributed by atoms with Crippen molar-refractivity contribution in [1.29, 1.82) is 0 Å². The molecule has 1 aromatic heterocycles. The molecule has 2 aliphatic carbocycles. The van der Waals surface area contributed by atoms with E-state index in [0.29, 0.717) is 12.4 Å². The molecule has 7 heteroatoms. The van der Waals surface area contributed by atoms with Gasteiger partial charge in [-0.1, -0.05) is 18.9 Å². The minimum atomic E-state index is -0.184. The maximum Gasteiger partial charge on any atom is 0.233 e. The summed E-state index contributed by atoms with van der Waals surface area (Å²) in [6.07, 6.45) is 10.1.